The van der Waals surface area contributed by atoms with E-state index in [2.05, 4.69) is 34.5 Å². The van der Waals surface area contributed by atoms with Crippen LogP contribution >= 0.6 is 0 Å². The highest BCUT2D eigenvalue weighted by Gasteiger charge is 2.18. The standard InChI is InChI=1S/C19H26N2O2/c1-2-3-4-5-19(23)20-14-16-6-8-18(9-7-16)21-12-10-17(15-22)11-13-21/h2-9,17,22H,10-15H2,1H3,(H,20,23)/b3-2+,5-4-. The number of benzene rings is 1. The maximum Gasteiger partial charge on any atom is 0.244 e. The highest BCUT2D eigenvalue weighted by Crippen LogP contribution is 2.23. The zero-order valence-corrected chi connectivity index (χ0v) is 13.7. The number of anilines is 1. The van der Waals surface area contributed by atoms with E-state index in [0.29, 0.717) is 19.1 Å². The van der Waals surface area contributed by atoms with Crippen molar-refractivity contribution in [2.75, 3.05) is 24.6 Å². The van der Waals surface area contributed by atoms with E-state index in [4.69, 9.17) is 0 Å². The van der Waals surface area contributed by atoms with Crippen LogP contribution in [0.15, 0.2) is 48.6 Å². The van der Waals surface area contributed by atoms with Gasteiger partial charge in [-0.15, -0.1) is 0 Å². The van der Waals surface area contributed by atoms with Crippen LogP contribution in [0.5, 0.6) is 0 Å². The van der Waals surface area contributed by atoms with Crippen LogP contribution in [0.3, 0.4) is 0 Å². The Morgan fingerprint density at radius 3 is 2.57 bits per heavy atom. The zero-order valence-electron chi connectivity index (χ0n) is 13.7. The maximum absolute atomic E-state index is 11.6. The van der Waals surface area contributed by atoms with Gasteiger partial charge in [0.25, 0.3) is 0 Å². The molecule has 1 saturated heterocycles. The molecule has 2 N–H and O–H groups in total. The van der Waals surface area contributed by atoms with E-state index in [1.807, 2.05) is 19.1 Å². The topological polar surface area (TPSA) is 52.6 Å². The van der Waals surface area contributed by atoms with E-state index < -0.39 is 0 Å². The maximum atomic E-state index is 11.6. The Bertz CT molecular complexity index is 541. The van der Waals surface area contributed by atoms with E-state index in [1.165, 1.54) is 11.8 Å². The van der Waals surface area contributed by atoms with Gasteiger partial charge < -0.3 is 15.3 Å². The fourth-order valence-electron chi connectivity index (χ4n) is 2.70. The summed E-state index contributed by atoms with van der Waals surface area (Å²) in [5, 5.41) is 12.1. The smallest absolute Gasteiger partial charge is 0.244 e. The molecule has 1 aromatic carbocycles. The lowest BCUT2D eigenvalue weighted by molar-refractivity contribution is -0.116. The first-order valence-corrected chi connectivity index (χ1v) is 8.25. The SMILES string of the molecule is C/C=C/C=C\C(=O)NCc1ccc(N2CCC(CO)CC2)cc1. The minimum absolute atomic E-state index is 0.0850. The van der Waals surface area contributed by atoms with Gasteiger partial charge in [-0.25, -0.2) is 0 Å². The number of carbonyl (C=O) groups excluding carboxylic acids is 1. The Kier molecular flexibility index (Phi) is 6.88. The highest BCUT2D eigenvalue weighted by atomic mass is 16.3. The summed E-state index contributed by atoms with van der Waals surface area (Å²) in [4.78, 5) is 14.0. The summed E-state index contributed by atoms with van der Waals surface area (Å²) in [5.41, 5.74) is 2.30. The van der Waals surface area contributed by atoms with E-state index >= 15 is 0 Å². The van der Waals surface area contributed by atoms with Crippen molar-refractivity contribution in [2.45, 2.75) is 26.3 Å². The molecule has 4 nitrogen and oxygen atoms in total. The Balaban J connectivity index is 1.82. The molecule has 0 atom stereocenters. The van der Waals surface area contributed by atoms with Gasteiger partial charge >= 0.3 is 0 Å². The van der Waals surface area contributed by atoms with Crippen molar-refractivity contribution in [1.29, 1.82) is 0 Å². The van der Waals surface area contributed by atoms with Gasteiger partial charge in [0.15, 0.2) is 0 Å². The molecule has 23 heavy (non-hydrogen) atoms. The first-order valence-electron chi connectivity index (χ1n) is 8.25. The number of hydrogen-bond donors (Lipinski definition) is 2. The third kappa shape index (κ3) is 5.57. The van der Waals surface area contributed by atoms with Gasteiger partial charge in [0.1, 0.15) is 0 Å². The fourth-order valence-corrected chi connectivity index (χ4v) is 2.70. The molecule has 1 heterocycles. The average Bonchev–Trinajstić information content (AvgIpc) is 2.61. The highest BCUT2D eigenvalue weighted by molar-refractivity contribution is 5.87. The predicted molar refractivity (Wildman–Crippen MR) is 94.3 cm³/mol. The van der Waals surface area contributed by atoms with E-state index in [1.54, 1.807) is 6.08 Å². The molecule has 1 aromatic rings. The molecule has 1 amide bonds. The molecule has 0 aromatic heterocycles. The number of nitrogens with zero attached hydrogens (tertiary/aromatic N) is 1. The molecular formula is C19H26N2O2. The predicted octanol–water partition coefficient (Wildman–Crippen LogP) is 2.64. The van der Waals surface area contributed by atoms with E-state index in [9.17, 15) is 9.90 Å². The lowest BCUT2D eigenvalue weighted by Gasteiger charge is -2.33. The first-order chi connectivity index (χ1) is 11.2. The van der Waals surface area contributed by atoms with E-state index in [0.717, 1.165) is 31.5 Å². The summed E-state index contributed by atoms with van der Waals surface area (Å²) in [6, 6.07) is 8.33. The Labute approximate surface area is 138 Å². The number of aliphatic hydroxyl groups is 1. The third-order valence-corrected chi connectivity index (χ3v) is 4.19. The molecule has 0 spiro atoms. The van der Waals surface area contributed by atoms with Crippen LogP contribution in [0.4, 0.5) is 5.69 Å². The van der Waals surface area contributed by atoms with Crippen molar-refractivity contribution in [1.82, 2.24) is 5.32 Å². The number of piperidine rings is 1. The Morgan fingerprint density at radius 2 is 1.96 bits per heavy atom. The lowest BCUT2D eigenvalue weighted by atomic mass is 9.97. The van der Waals surface area contributed by atoms with E-state index in [-0.39, 0.29) is 5.91 Å². The van der Waals surface area contributed by atoms with Gasteiger partial charge in [-0.2, -0.15) is 0 Å². The molecule has 0 bridgehead atoms. The van der Waals surface area contributed by atoms with Crippen LogP contribution < -0.4 is 10.2 Å². The minimum atomic E-state index is -0.0850. The molecular weight excluding hydrogens is 288 g/mol. The van der Waals surface area contributed by atoms with Crippen molar-refractivity contribution in [3.63, 3.8) is 0 Å². The number of nitrogens with one attached hydrogen (secondary N) is 1. The van der Waals surface area contributed by atoms with Crippen molar-refractivity contribution in [3.05, 3.63) is 54.1 Å². The number of allylic oxidation sites excluding steroid dienone is 3. The van der Waals surface area contributed by atoms with Crippen LogP contribution in [0.2, 0.25) is 0 Å². The normalized spacial score (nSPS) is 16.3. The second-order valence-electron chi connectivity index (χ2n) is 5.88. The monoisotopic (exact) mass is 314 g/mol. The summed E-state index contributed by atoms with van der Waals surface area (Å²) in [5.74, 6) is 0.370. The molecule has 0 unspecified atom stereocenters. The van der Waals surface area contributed by atoms with Gasteiger partial charge in [-0.05, 0) is 43.4 Å². The number of hydrogen-bond acceptors (Lipinski definition) is 3. The third-order valence-electron chi connectivity index (χ3n) is 4.19. The van der Waals surface area contributed by atoms with Crippen LogP contribution in [0, 0.1) is 5.92 Å². The Hall–Kier alpha value is -2.07. The molecule has 0 saturated carbocycles. The number of amides is 1. The van der Waals surface area contributed by atoms with Crippen molar-refractivity contribution < 1.29 is 9.90 Å². The quantitative estimate of drug-likeness (QED) is 0.627. The number of rotatable bonds is 6. The van der Waals surface area contributed by atoms with Gasteiger partial charge in [0, 0.05) is 38.0 Å². The fraction of sp³-hybridized carbons (Fsp3) is 0.421. The Morgan fingerprint density at radius 1 is 1.26 bits per heavy atom. The molecule has 0 aliphatic carbocycles. The summed E-state index contributed by atoms with van der Waals surface area (Å²) in [6.07, 6.45) is 9.06. The molecule has 1 fully saturated rings. The molecule has 1 aliphatic heterocycles. The van der Waals surface area contributed by atoms with Gasteiger partial charge in [0.2, 0.25) is 5.91 Å². The lowest BCUT2D eigenvalue weighted by Crippen LogP contribution is -2.34. The van der Waals surface area contributed by atoms with Crippen LogP contribution in [0.25, 0.3) is 0 Å². The molecule has 2 rings (SSSR count). The largest absolute Gasteiger partial charge is 0.396 e. The second-order valence-corrected chi connectivity index (χ2v) is 5.88. The molecule has 124 valence electrons. The van der Waals surface area contributed by atoms with Gasteiger partial charge in [-0.3, -0.25) is 4.79 Å². The number of aliphatic hydroxyl groups excluding tert-OH is 1. The van der Waals surface area contributed by atoms with Crippen LogP contribution in [0.1, 0.15) is 25.3 Å². The van der Waals surface area contributed by atoms with Crippen molar-refractivity contribution in [2.24, 2.45) is 5.92 Å². The van der Waals surface area contributed by atoms with Crippen LogP contribution in [-0.2, 0) is 11.3 Å². The van der Waals surface area contributed by atoms with Crippen molar-refractivity contribution >= 4 is 11.6 Å². The number of carbonyl (C=O) groups is 1. The average molecular weight is 314 g/mol. The first kappa shape index (κ1) is 17.3. The molecule has 0 radical (unpaired) electrons. The van der Waals surface area contributed by atoms with Crippen molar-refractivity contribution in [3.8, 4) is 0 Å². The van der Waals surface area contributed by atoms with Crippen LogP contribution in [-0.4, -0.2) is 30.7 Å². The van der Waals surface area contributed by atoms with Gasteiger partial charge in [-0.1, -0.05) is 30.4 Å². The summed E-state index contributed by atoms with van der Waals surface area (Å²) >= 11 is 0. The summed E-state index contributed by atoms with van der Waals surface area (Å²) in [6.45, 7) is 4.74. The minimum Gasteiger partial charge on any atom is -0.396 e. The summed E-state index contributed by atoms with van der Waals surface area (Å²) < 4.78 is 0. The van der Waals surface area contributed by atoms with Gasteiger partial charge in [0.05, 0.1) is 0 Å². The molecule has 1 aliphatic rings. The molecule has 4 heteroatoms. The zero-order chi connectivity index (χ0) is 16.5. The summed E-state index contributed by atoms with van der Waals surface area (Å²) in [7, 11) is 0. The second kappa shape index (κ2) is 9.16.